The minimum absolute atomic E-state index is 0.131. The summed E-state index contributed by atoms with van der Waals surface area (Å²) < 4.78 is 0. The minimum Gasteiger partial charge on any atom is -0.388 e. The van der Waals surface area contributed by atoms with Crippen LogP contribution in [0, 0.1) is 5.92 Å². The molecule has 4 nitrogen and oxygen atoms in total. The quantitative estimate of drug-likeness (QED) is 0.719. The summed E-state index contributed by atoms with van der Waals surface area (Å²) in [5.41, 5.74) is -0.622. The molecule has 3 fully saturated rings. The van der Waals surface area contributed by atoms with Crippen molar-refractivity contribution < 1.29 is 9.90 Å². The third kappa shape index (κ3) is 3.29. The Morgan fingerprint density at radius 3 is 2.47 bits per heavy atom. The van der Waals surface area contributed by atoms with E-state index in [1.54, 1.807) is 0 Å². The average molecular weight is 266 g/mol. The zero-order valence-electron chi connectivity index (χ0n) is 11.7. The first kappa shape index (κ1) is 13.4. The van der Waals surface area contributed by atoms with Crippen LogP contribution in [0.5, 0.6) is 0 Å². The lowest BCUT2D eigenvalue weighted by Gasteiger charge is -2.29. The van der Waals surface area contributed by atoms with Gasteiger partial charge in [0.15, 0.2) is 0 Å². The first-order valence-corrected chi connectivity index (χ1v) is 7.88. The van der Waals surface area contributed by atoms with Gasteiger partial charge in [0.25, 0.3) is 0 Å². The van der Waals surface area contributed by atoms with Crippen LogP contribution < -0.4 is 10.6 Å². The van der Waals surface area contributed by atoms with Crippen molar-refractivity contribution in [1.82, 2.24) is 10.6 Å². The number of hydrogen-bond acceptors (Lipinski definition) is 3. The van der Waals surface area contributed by atoms with Crippen LogP contribution in [-0.4, -0.2) is 35.2 Å². The number of piperidine rings is 1. The molecule has 0 aromatic heterocycles. The molecule has 0 aromatic rings. The molecule has 2 saturated heterocycles. The Bertz CT molecular complexity index is 327. The van der Waals surface area contributed by atoms with Gasteiger partial charge in [0, 0.05) is 25.0 Å². The van der Waals surface area contributed by atoms with Crippen molar-refractivity contribution in [2.45, 2.75) is 75.5 Å². The fraction of sp³-hybridized carbons (Fsp3) is 0.933. The Labute approximate surface area is 115 Å². The van der Waals surface area contributed by atoms with Crippen LogP contribution in [0.2, 0.25) is 0 Å². The van der Waals surface area contributed by atoms with Crippen LogP contribution in [0.4, 0.5) is 0 Å². The predicted molar refractivity (Wildman–Crippen MR) is 73.7 cm³/mol. The first-order chi connectivity index (χ1) is 9.13. The smallest absolute Gasteiger partial charge is 0.220 e. The Balaban J connectivity index is 1.41. The maximum atomic E-state index is 12.0. The number of aliphatic hydroxyl groups is 1. The molecule has 2 unspecified atom stereocenters. The third-order valence-corrected chi connectivity index (χ3v) is 5.19. The highest BCUT2D eigenvalue weighted by Gasteiger charge is 2.35. The molecule has 3 aliphatic rings. The fourth-order valence-corrected chi connectivity index (χ4v) is 4.15. The van der Waals surface area contributed by atoms with E-state index in [0.29, 0.717) is 31.0 Å². The lowest BCUT2D eigenvalue weighted by Crippen LogP contribution is -2.43. The molecule has 3 rings (SSSR count). The number of nitrogens with one attached hydrogen (secondary N) is 2. The Morgan fingerprint density at radius 2 is 1.84 bits per heavy atom. The van der Waals surface area contributed by atoms with Crippen molar-refractivity contribution in [2.24, 2.45) is 5.92 Å². The van der Waals surface area contributed by atoms with Gasteiger partial charge in [-0.15, -0.1) is 0 Å². The summed E-state index contributed by atoms with van der Waals surface area (Å²) in [5, 5.41) is 16.8. The van der Waals surface area contributed by atoms with Crippen molar-refractivity contribution in [3.63, 3.8) is 0 Å². The molecule has 2 heterocycles. The van der Waals surface area contributed by atoms with Crippen molar-refractivity contribution in [2.75, 3.05) is 6.54 Å². The number of hydrogen-bond donors (Lipinski definition) is 3. The SMILES string of the molecule is O=C(CC1CC2CCC(C1)N2)NCC1(O)CCCC1. The van der Waals surface area contributed by atoms with Crippen LogP contribution >= 0.6 is 0 Å². The van der Waals surface area contributed by atoms with Crippen LogP contribution in [-0.2, 0) is 4.79 Å². The van der Waals surface area contributed by atoms with Gasteiger partial charge in [-0.1, -0.05) is 12.8 Å². The molecule has 2 atom stereocenters. The third-order valence-electron chi connectivity index (χ3n) is 5.19. The van der Waals surface area contributed by atoms with E-state index in [2.05, 4.69) is 10.6 Å². The molecular weight excluding hydrogens is 240 g/mol. The highest BCUT2D eigenvalue weighted by Crippen LogP contribution is 2.33. The van der Waals surface area contributed by atoms with Crippen LogP contribution in [0.25, 0.3) is 0 Å². The van der Waals surface area contributed by atoms with E-state index in [0.717, 1.165) is 38.5 Å². The zero-order chi connectivity index (χ0) is 13.3. The summed E-state index contributed by atoms with van der Waals surface area (Å²) in [6, 6.07) is 1.30. The van der Waals surface area contributed by atoms with E-state index in [1.807, 2.05) is 0 Å². The number of rotatable bonds is 4. The molecule has 0 spiro atoms. The largest absolute Gasteiger partial charge is 0.388 e. The summed E-state index contributed by atoms with van der Waals surface area (Å²) in [4.78, 5) is 12.0. The number of fused-ring (bicyclic) bond motifs is 2. The topological polar surface area (TPSA) is 61.4 Å². The van der Waals surface area contributed by atoms with Gasteiger partial charge in [-0.3, -0.25) is 4.79 Å². The molecular formula is C15H26N2O2. The second kappa shape index (κ2) is 5.41. The highest BCUT2D eigenvalue weighted by atomic mass is 16.3. The van der Waals surface area contributed by atoms with E-state index < -0.39 is 5.60 Å². The van der Waals surface area contributed by atoms with Crippen molar-refractivity contribution in [3.05, 3.63) is 0 Å². The zero-order valence-corrected chi connectivity index (χ0v) is 11.7. The number of carbonyl (C=O) groups excluding carboxylic acids is 1. The summed E-state index contributed by atoms with van der Waals surface area (Å²) in [6.07, 6.45) is 9.35. The van der Waals surface area contributed by atoms with E-state index in [9.17, 15) is 9.90 Å². The maximum Gasteiger partial charge on any atom is 0.220 e. The fourth-order valence-electron chi connectivity index (χ4n) is 4.15. The lowest BCUT2D eigenvalue weighted by molar-refractivity contribution is -0.123. The second-order valence-electron chi connectivity index (χ2n) is 6.89. The van der Waals surface area contributed by atoms with Gasteiger partial charge in [-0.05, 0) is 44.4 Å². The van der Waals surface area contributed by atoms with E-state index >= 15 is 0 Å². The molecule has 4 heteroatoms. The first-order valence-electron chi connectivity index (χ1n) is 7.88. The van der Waals surface area contributed by atoms with Gasteiger partial charge in [0.05, 0.1) is 5.60 Å². The molecule has 1 amide bonds. The highest BCUT2D eigenvalue weighted by molar-refractivity contribution is 5.76. The van der Waals surface area contributed by atoms with Gasteiger partial charge in [0.2, 0.25) is 5.91 Å². The van der Waals surface area contributed by atoms with Gasteiger partial charge >= 0.3 is 0 Å². The van der Waals surface area contributed by atoms with Gasteiger partial charge in [-0.25, -0.2) is 0 Å². The summed E-state index contributed by atoms with van der Waals surface area (Å²) in [5.74, 6) is 0.670. The standard InChI is InChI=1S/C15H26N2O2/c18-14(16-10-15(19)5-1-2-6-15)9-11-7-12-3-4-13(8-11)17-12/h11-13,17,19H,1-10H2,(H,16,18). The normalized spacial score (nSPS) is 36.4. The van der Waals surface area contributed by atoms with Gasteiger partial charge < -0.3 is 15.7 Å². The molecule has 1 saturated carbocycles. The molecule has 2 aliphatic heterocycles. The van der Waals surface area contributed by atoms with Crippen LogP contribution in [0.3, 0.4) is 0 Å². The molecule has 1 aliphatic carbocycles. The molecule has 19 heavy (non-hydrogen) atoms. The number of amides is 1. The van der Waals surface area contributed by atoms with E-state index in [4.69, 9.17) is 0 Å². The van der Waals surface area contributed by atoms with E-state index in [-0.39, 0.29) is 5.91 Å². The molecule has 2 bridgehead atoms. The van der Waals surface area contributed by atoms with Crippen molar-refractivity contribution in [1.29, 1.82) is 0 Å². The predicted octanol–water partition coefficient (Wildman–Crippen LogP) is 1.33. The molecule has 108 valence electrons. The minimum atomic E-state index is -0.622. The average Bonchev–Trinajstić information content (AvgIpc) is 2.95. The summed E-state index contributed by atoms with van der Waals surface area (Å²) in [7, 11) is 0. The maximum absolute atomic E-state index is 12.0. The molecule has 0 aromatic carbocycles. The second-order valence-corrected chi connectivity index (χ2v) is 6.89. The van der Waals surface area contributed by atoms with Crippen LogP contribution in [0.1, 0.15) is 57.8 Å². The lowest BCUT2D eigenvalue weighted by atomic mass is 9.89. The van der Waals surface area contributed by atoms with Crippen LogP contribution in [0.15, 0.2) is 0 Å². The van der Waals surface area contributed by atoms with Gasteiger partial charge in [0.1, 0.15) is 0 Å². The monoisotopic (exact) mass is 266 g/mol. The summed E-state index contributed by atoms with van der Waals surface area (Å²) >= 11 is 0. The van der Waals surface area contributed by atoms with E-state index in [1.165, 1.54) is 12.8 Å². The Kier molecular flexibility index (Phi) is 3.81. The van der Waals surface area contributed by atoms with Crippen molar-refractivity contribution in [3.8, 4) is 0 Å². The molecule has 0 radical (unpaired) electrons. The molecule has 3 N–H and O–H groups in total. The van der Waals surface area contributed by atoms with Crippen molar-refractivity contribution >= 4 is 5.91 Å². The Morgan fingerprint density at radius 1 is 1.21 bits per heavy atom. The Hall–Kier alpha value is -0.610. The van der Waals surface area contributed by atoms with Gasteiger partial charge in [-0.2, -0.15) is 0 Å². The summed E-state index contributed by atoms with van der Waals surface area (Å²) in [6.45, 7) is 0.448. The number of carbonyl (C=O) groups is 1.